The van der Waals surface area contributed by atoms with E-state index in [0.717, 1.165) is 0 Å². The lowest BCUT2D eigenvalue weighted by molar-refractivity contribution is -0.128. The Balaban J connectivity index is 1.70. The number of carbonyl (C=O) groups excluding carboxylic acids is 2. The molecule has 0 saturated carbocycles. The average molecular weight is 410 g/mol. The molecular formula is C19H27N3O5S. The maximum absolute atomic E-state index is 12.9. The van der Waals surface area contributed by atoms with E-state index in [1.807, 2.05) is 0 Å². The van der Waals surface area contributed by atoms with Crippen molar-refractivity contribution in [1.29, 1.82) is 0 Å². The van der Waals surface area contributed by atoms with Crippen molar-refractivity contribution in [3.05, 3.63) is 29.8 Å². The summed E-state index contributed by atoms with van der Waals surface area (Å²) in [5.74, 6) is 0.204. The second kappa shape index (κ2) is 8.08. The number of hydrogen-bond donors (Lipinski definition) is 0. The van der Waals surface area contributed by atoms with Crippen LogP contribution < -0.4 is 4.74 Å². The van der Waals surface area contributed by atoms with Gasteiger partial charge in [0.15, 0.2) is 0 Å². The van der Waals surface area contributed by atoms with Crippen molar-refractivity contribution in [3.8, 4) is 5.75 Å². The molecule has 2 aliphatic heterocycles. The van der Waals surface area contributed by atoms with Gasteiger partial charge >= 0.3 is 0 Å². The van der Waals surface area contributed by atoms with Crippen LogP contribution in [0.1, 0.15) is 23.2 Å². The van der Waals surface area contributed by atoms with E-state index >= 15 is 0 Å². The van der Waals surface area contributed by atoms with Gasteiger partial charge in [0.2, 0.25) is 15.9 Å². The standard InChI is InChI=1S/C19H27N3O5S/c1-20(2)18(23)13-22-12-15-7-9-21(10-8-17(15)28(22,25)26)19(24)14-5-4-6-16(11-14)27-3/h4-6,11,15,17H,7-10,12-13H2,1-3H3/t15-,17-/m0/s1. The van der Waals surface area contributed by atoms with Gasteiger partial charge in [0.1, 0.15) is 5.75 Å². The first-order valence-corrected chi connectivity index (χ1v) is 10.9. The van der Waals surface area contributed by atoms with Gasteiger partial charge in [-0.3, -0.25) is 9.59 Å². The lowest BCUT2D eigenvalue weighted by atomic mass is 10.0. The molecule has 2 aliphatic rings. The summed E-state index contributed by atoms with van der Waals surface area (Å²) >= 11 is 0. The Hall–Kier alpha value is -2.13. The van der Waals surface area contributed by atoms with Crippen molar-refractivity contribution in [2.75, 3.05) is 47.4 Å². The second-order valence-corrected chi connectivity index (χ2v) is 9.68. The molecule has 8 nitrogen and oxygen atoms in total. The van der Waals surface area contributed by atoms with Crippen molar-refractivity contribution in [3.63, 3.8) is 0 Å². The van der Waals surface area contributed by atoms with Crippen LogP contribution in [0.25, 0.3) is 0 Å². The highest BCUT2D eigenvalue weighted by Gasteiger charge is 2.47. The summed E-state index contributed by atoms with van der Waals surface area (Å²) in [4.78, 5) is 27.9. The van der Waals surface area contributed by atoms with Crippen molar-refractivity contribution < 1.29 is 22.7 Å². The summed E-state index contributed by atoms with van der Waals surface area (Å²) in [5.41, 5.74) is 0.535. The number of benzene rings is 1. The maximum atomic E-state index is 12.9. The van der Waals surface area contributed by atoms with Gasteiger partial charge in [0.05, 0.1) is 18.9 Å². The number of nitrogens with zero attached hydrogens (tertiary/aromatic N) is 3. The fourth-order valence-corrected chi connectivity index (χ4v) is 6.07. The molecule has 154 valence electrons. The molecule has 9 heteroatoms. The normalized spacial score (nSPS) is 24.3. The summed E-state index contributed by atoms with van der Waals surface area (Å²) in [5, 5.41) is -0.537. The first kappa shape index (κ1) is 20.6. The number of rotatable bonds is 4. The number of fused-ring (bicyclic) bond motifs is 1. The van der Waals surface area contributed by atoms with Gasteiger partial charge in [-0.2, -0.15) is 4.31 Å². The molecule has 0 bridgehead atoms. The van der Waals surface area contributed by atoms with E-state index in [1.54, 1.807) is 50.4 Å². The minimum absolute atomic E-state index is 0.0666. The molecule has 0 aromatic heterocycles. The van der Waals surface area contributed by atoms with Gasteiger partial charge in [-0.25, -0.2) is 8.42 Å². The summed E-state index contributed by atoms with van der Waals surface area (Å²) in [6.07, 6.45) is 0.988. The number of hydrogen-bond acceptors (Lipinski definition) is 5. The van der Waals surface area contributed by atoms with E-state index in [9.17, 15) is 18.0 Å². The predicted molar refractivity (Wildman–Crippen MR) is 105 cm³/mol. The van der Waals surface area contributed by atoms with E-state index in [4.69, 9.17) is 4.74 Å². The monoisotopic (exact) mass is 409 g/mol. The fourth-order valence-electron chi connectivity index (χ4n) is 3.88. The van der Waals surface area contributed by atoms with Crippen LogP contribution in [0.4, 0.5) is 0 Å². The van der Waals surface area contributed by atoms with Crippen LogP contribution >= 0.6 is 0 Å². The maximum Gasteiger partial charge on any atom is 0.253 e. The van der Waals surface area contributed by atoms with Crippen LogP contribution in [-0.2, 0) is 14.8 Å². The Labute approximate surface area is 166 Å². The largest absolute Gasteiger partial charge is 0.497 e. The smallest absolute Gasteiger partial charge is 0.253 e. The minimum atomic E-state index is -3.54. The van der Waals surface area contributed by atoms with Crippen LogP contribution in [0, 0.1) is 5.92 Å². The van der Waals surface area contributed by atoms with Gasteiger partial charge in [0.25, 0.3) is 5.91 Å². The third-order valence-electron chi connectivity index (χ3n) is 5.57. The molecule has 0 aliphatic carbocycles. The zero-order chi connectivity index (χ0) is 20.5. The lowest BCUT2D eigenvalue weighted by Gasteiger charge is -2.22. The van der Waals surface area contributed by atoms with E-state index in [-0.39, 0.29) is 24.3 Å². The molecule has 1 aromatic carbocycles. The molecule has 0 unspecified atom stereocenters. The van der Waals surface area contributed by atoms with Gasteiger partial charge in [-0.15, -0.1) is 0 Å². The molecule has 0 N–H and O–H groups in total. The van der Waals surface area contributed by atoms with E-state index < -0.39 is 15.3 Å². The second-order valence-electron chi connectivity index (χ2n) is 7.53. The molecule has 2 fully saturated rings. The number of carbonyl (C=O) groups is 2. The summed E-state index contributed by atoms with van der Waals surface area (Å²) < 4.78 is 32.3. The van der Waals surface area contributed by atoms with Crippen LogP contribution in [0.2, 0.25) is 0 Å². The Morgan fingerprint density at radius 3 is 2.61 bits per heavy atom. The topological polar surface area (TPSA) is 87.2 Å². The van der Waals surface area contributed by atoms with Crippen molar-refractivity contribution >= 4 is 21.8 Å². The zero-order valence-electron chi connectivity index (χ0n) is 16.5. The molecule has 2 saturated heterocycles. The highest BCUT2D eigenvalue weighted by molar-refractivity contribution is 7.90. The van der Waals surface area contributed by atoms with Crippen LogP contribution in [0.5, 0.6) is 5.75 Å². The molecule has 0 radical (unpaired) electrons. The van der Waals surface area contributed by atoms with Crippen LogP contribution in [0.15, 0.2) is 24.3 Å². The van der Waals surface area contributed by atoms with E-state index in [0.29, 0.717) is 43.8 Å². The first-order chi connectivity index (χ1) is 13.2. The Bertz CT molecular complexity index is 855. The quantitative estimate of drug-likeness (QED) is 0.729. The molecular weight excluding hydrogens is 382 g/mol. The highest BCUT2D eigenvalue weighted by Crippen LogP contribution is 2.34. The number of likely N-dealkylation sites (N-methyl/N-ethyl adjacent to an activating group) is 1. The number of amides is 2. The predicted octanol–water partition coefficient (Wildman–Crippen LogP) is 0.650. The average Bonchev–Trinajstić information content (AvgIpc) is 2.81. The Kier molecular flexibility index (Phi) is 5.95. The fraction of sp³-hybridized carbons (Fsp3) is 0.579. The molecule has 2 amide bonds. The third-order valence-corrected chi connectivity index (χ3v) is 7.96. The molecule has 1 aromatic rings. The van der Waals surface area contributed by atoms with Crippen molar-refractivity contribution in [2.45, 2.75) is 18.1 Å². The van der Waals surface area contributed by atoms with E-state index in [2.05, 4.69) is 0 Å². The third kappa shape index (κ3) is 4.00. The number of methoxy groups -OCH3 is 1. The molecule has 2 atom stereocenters. The van der Waals surface area contributed by atoms with E-state index in [1.165, 1.54) is 9.21 Å². The van der Waals surface area contributed by atoms with Gasteiger partial charge in [0, 0.05) is 39.3 Å². The SMILES string of the molecule is COc1cccc(C(=O)N2CC[C@H]3CN(CC(=O)N(C)C)S(=O)(=O)[C@H]3CC2)c1. The number of likely N-dealkylation sites (tertiary alicyclic amines) is 1. The molecule has 2 heterocycles. The molecule has 0 spiro atoms. The molecule has 3 rings (SSSR count). The van der Waals surface area contributed by atoms with Crippen molar-refractivity contribution in [2.24, 2.45) is 5.92 Å². The number of sulfonamides is 1. The number of ether oxygens (including phenoxy) is 1. The summed E-state index contributed by atoms with van der Waals surface area (Å²) in [6, 6.07) is 6.98. The van der Waals surface area contributed by atoms with Crippen LogP contribution in [-0.4, -0.2) is 87.0 Å². The van der Waals surface area contributed by atoms with Crippen LogP contribution in [0.3, 0.4) is 0 Å². The lowest BCUT2D eigenvalue weighted by Crippen LogP contribution is -2.39. The Morgan fingerprint density at radius 1 is 1.21 bits per heavy atom. The molecule has 28 heavy (non-hydrogen) atoms. The summed E-state index contributed by atoms with van der Waals surface area (Å²) in [6.45, 7) is 1.11. The first-order valence-electron chi connectivity index (χ1n) is 9.36. The van der Waals surface area contributed by atoms with Crippen molar-refractivity contribution in [1.82, 2.24) is 14.1 Å². The Morgan fingerprint density at radius 2 is 1.93 bits per heavy atom. The van der Waals surface area contributed by atoms with Gasteiger partial charge in [-0.05, 0) is 37.0 Å². The zero-order valence-corrected chi connectivity index (χ0v) is 17.3. The van der Waals surface area contributed by atoms with Gasteiger partial charge < -0.3 is 14.5 Å². The summed E-state index contributed by atoms with van der Waals surface area (Å²) in [7, 11) is 1.25. The minimum Gasteiger partial charge on any atom is -0.497 e. The highest BCUT2D eigenvalue weighted by atomic mass is 32.2. The van der Waals surface area contributed by atoms with Gasteiger partial charge in [-0.1, -0.05) is 6.07 Å².